The van der Waals surface area contributed by atoms with Crippen molar-refractivity contribution in [2.75, 3.05) is 18.5 Å². The van der Waals surface area contributed by atoms with Gasteiger partial charge in [0.1, 0.15) is 0 Å². The number of rotatable bonds is 3. The van der Waals surface area contributed by atoms with E-state index in [0.29, 0.717) is 0 Å². The Morgan fingerprint density at radius 3 is 2.82 bits per heavy atom. The van der Waals surface area contributed by atoms with E-state index in [9.17, 15) is 4.79 Å². The summed E-state index contributed by atoms with van der Waals surface area (Å²) in [6.07, 6.45) is 1.23. The molecule has 1 heterocycles. The number of aliphatic carboxylic acids is 1. The Hall–Kier alpha value is -1.51. The standard InChI is InChI=1S/C14H19NO2/c1-14(2,9-13(16)17)11-4-5-12-10(8-11)6-7-15(12)3/h4-5,8H,6-7,9H2,1-3H3,(H,16,17). The van der Waals surface area contributed by atoms with Crippen LogP contribution in [0.25, 0.3) is 0 Å². The molecule has 1 aromatic carbocycles. The highest BCUT2D eigenvalue weighted by atomic mass is 16.4. The average molecular weight is 233 g/mol. The van der Waals surface area contributed by atoms with Crippen molar-refractivity contribution in [3.05, 3.63) is 29.3 Å². The fourth-order valence-electron chi connectivity index (χ4n) is 2.47. The summed E-state index contributed by atoms with van der Waals surface area (Å²) >= 11 is 0. The number of anilines is 1. The Kier molecular flexibility index (Phi) is 2.86. The lowest BCUT2D eigenvalue weighted by Crippen LogP contribution is -2.21. The zero-order valence-electron chi connectivity index (χ0n) is 10.7. The molecule has 17 heavy (non-hydrogen) atoms. The molecule has 1 aliphatic rings. The molecule has 0 atom stereocenters. The molecule has 0 bridgehead atoms. The maximum atomic E-state index is 10.9. The van der Waals surface area contributed by atoms with E-state index < -0.39 is 5.97 Å². The normalized spacial score (nSPS) is 14.9. The number of nitrogens with zero attached hydrogens (tertiary/aromatic N) is 1. The van der Waals surface area contributed by atoms with Gasteiger partial charge < -0.3 is 10.0 Å². The minimum absolute atomic E-state index is 0.168. The Balaban J connectivity index is 2.32. The first-order chi connectivity index (χ1) is 7.90. The van der Waals surface area contributed by atoms with Gasteiger partial charge in [0.05, 0.1) is 6.42 Å². The molecular formula is C14H19NO2. The summed E-state index contributed by atoms with van der Waals surface area (Å²) in [4.78, 5) is 13.1. The Morgan fingerprint density at radius 1 is 1.47 bits per heavy atom. The number of hydrogen-bond donors (Lipinski definition) is 1. The Labute approximate surface area is 102 Å². The fraction of sp³-hybridized carbons (Fsp3) is 0.500. The highest BCUT2D eigenvalue weighted by molar-refractivity contribution is 5.69. The van der Waals surface area contributed by atoms with Crippen LogP contribution >= 0.6 is 0 Å². The summed E-state index contributed by atoms with van der Waals surface area (Å²) in [5, 5.41) is 8.94. The van der Waals surface area contributed by atoms with E-state index in [4.69, 9.17) is 5.11 Å². The molecule has 0 saturated heterocycles. The van der Waals surface area contributed by atoms with Gasteiger partial charge in [-0.1, -0.05) is 26.0 Å². The molecule has 2 rings (SSSR count). The molecule has 3 heteroatoms. The van der Waals surface area contributed by atoms with Gasteiger partial charge in [-0.2, -0.15) is 0 Å². The third kappa shape index (κ3) is 2.28. The highest BCUT2D eigenvalue weighted by Crippen LogP contribution is 2.33. The SMILES string of the molecule is CN1CCc2cc(C(C)(C)CC(=O)O)ccc21. The lowest BCUT2D eigenvalue weighted by Gasteiger charge is -2.24. The number of hydrogen-bond acceptors (Lipinski definition) is 2. The van der Waals surface area contributed by atoms with Crippen molar-refractivity contribution in [1.29, 1.82) is 0 Å². The molecule has 0 spiro atoms. The lowest BCUT2D eigenvalue weighted by atomic mass is 9.81. The van der Waals surface area contributed by atoms with Gasteiger partial charge in [0.15, 0.2) is 0 Å². The molecule has 3 nitrogen and oxygen atoms in total. The first-order valence-electron chi connectivity index (χ1n) is 5.96. The number of fused-ring (bicyclic) bond motifs is 1. The molecule has 0 fully saturated rings. The monoisotopic (exact) mass is 233 g/mol. The summed E-state index contributed by atoms with van der Waals surface area (Å²) in [5.41, 5.74) is 3.43. The van der Waals surface area contributed by atoms with Crippen LogP contribution in [-0.4, -0.2) is 24.7 Å². The zero-order valence-corrected chi connectivity index (χ0v) is 10.7. The Bertz CT molecular complexity index is 452. The average Bonchev–Trinajstić information content (AvgIpc) is 2.58. The molecule has 0 unspecified atom stereocenters. The molecule has 0 aliphatic carbocycles. The summed E-state index contributed by atoms with van der Waals surface area (Å²) in [6.45, 7) is 5.03. The van der Waals surface area contributed by atoms with E-state index >= 15 is 0 Å². The molecule has 0 saturated carbocycles. The van der Waals surface area contributed by atoms with Crippen molar-refractivity contribution in [2.45, 2.75) is 32.1 Å². The van der Waals surface area contributed by atoms with Crippen LogP contribution in [0.3, 0.4) is 0 Å². The number of carbonyl (C=O) groups is 1. The van der Waals surface area contributed by atoms with E-state index in [-0.39, 0.29) is 11.8 Å². The van der Waals surface area contributed by atoms with Crippen LogP contribution < -0.4 is 4.90 Å². The summed E-state index contributed by atoms with van der Waals surface area (Å²) in [7, 11) is 2.09. The highest BCUT2D eigenvalue weighted by Gasteiger charge is 2.26. The van der Waals surface area contributed by atoms with Crippen LogP contribution in [0.5, 0.6) is 0 Å². The van der Waals surface area contributed by atoms with Crippen LogP contribution in [0.15, 0.2) is 18.2 Å². The van der Waals surface area contributed by atoms with Crippen molar-refractivity contribution in [2.24, 2.45) is 0 Å². The second-order valence-corrected chi connectivity index (χ2v) is 5.47. The van der Waals surface area contributed by atoms with Crippen LogP contribution in [0.1, 0.15) is 31.4 Å². The minimum Gasteiger partial charge on any atom is -0.481 e. The van der Waals surface area contributed by atoms with Crippen LogP contribution in [0.2, 0.25) is 0 Å². The predicted molar refractivity (Wildman–Crippen MR) is 68.7 cm³/mol. The van der Waals surface area contributed by atoms with Crippen LogP contribution in [-0.2, 0) is 16.6 Å². The number of carboxylic acid groups (broad SMARTS) is 1. The number of likely N-dealkylation sites (N-methyl/N-ethyl adjacent to an activating group) is 1. The van der Waals surface area contributed by atoms with Crippen molar-refractivity contribution in [1.82, 2.24) is 0 Å². The second-order valence-electron chi connectivity index (χ2n) is 5.47. The summed E-state index contributed by atoms with van der Waals surface area (Å²) in [5.74, 6) is -0.743. The maximum absolute atomic E-state index is 10.9. The largest absolute Gasteiger partial charge is 0.481 e. The van der Waals surface area contributed by atoms with Crippen molar-refractivity contribution >= 4 is 11.7 Å². The Morgan fingerprint density at radius 2 is 2.18 bits per heavy atom. The van der Waals surface area contributed by atoms with Crippen molar-refractivity contribution in [3.63, 3.8) is 0 Å². The molecule has 0 amide bonds. The zero-order chi connectivity index (χ0) is 12.6. The first-order valence-corrected chi connectivity index (χ1v) is 5.96. The molecular weight excluding hydrogens is 214 g/mol. The van der Waals surface area contributed by atoms with E-state index in [2.05, 4.69) is 30.1 Å². The van der Waals surface area contributed by atoms with Gasteiger partial charge in [-0.15, -0.1) is 0 Å². The van der Waals surface area contributed by atoms with Gasteiger partial charge in [0.25, 0.3) is 0 Å². The van der Waals surface area contributed by atoms with Crippen molar-refractivity contribution < 1.29 is 9.90 Å². The molecule has 0 aromatic heterocycles. The van der Waals surface area contributed by atoms with Gasteiger partial charge >= 0.3 is 5.97 Å². The van der Waals surface area contributed by atoms with Gasteiger partial charge in [-0.05, 0) is 23.6 Å². The summed E-state index contributed by atoms with van der Waals surface area (Å²) in [6, 6.07) is 6.34. The number of benzene rings is 1. The van der Waals surface area contributed by atoms with E-state index in [0.717, 1.165) is 18.5 Å². The van der Waals surface area contributed by atoms with E-state index in [1.165, 1.54) is 11.3 Å². The maximum Gasteiger partial charge on any atom is 0.304 e. The topological polar surface area (TPSA) is 40.5 Å². The number of carboxylic acids is 1. The minimum atomic E-state index is -0.743. The molecule has 1 N–H and O–H groups in total. The summed E-state index contributed by atoms with van der Waals surface area (Å²) < 4.78 is 0. The molecule has 1 aliphatic heterocycles. The first kappa shape index (κ1) is 12.0. The third-order valence-corrected chi connectivity index (χ3v) is 3.58. The molecule has 92 valence electrons. The third-order valence-electron chi connectivity index (χ3n) is 3.58. The van der Waals surface area contributed by atoms with Gasteiger partial charge in [0, 0.05) is 24.7 Å². The molecule has 0 radical (unpaired) electrons. The van der Waals surface area contributed by atoms with E-state index in [1.54, 1.807) is 0 Å². The lowest BCUT2D eigenvalue weighted by molar-refractivity contribution is -0.138. The predicted octanol–water partition coefficient (Wildman–Crippen LogP) is 2.43. The quantitative estimate of drug-likeness (QED) is 0.871. The molecule has 1 aromatic rings. The van der Waals surface area contributed by atoms with Gasteiger partial charge in [-0.3, -0.25) is 4.79 Å². The van der Waals surface area contributed by atoms with Gasteiger partial charge in [0.2, 0.25) is 0 Å². The second kappa shape index (κ2) is 4.06. The fourth-order valence-corrected chi connectivity index (χ4v) is 2.47. The smallest absolute Gasteiger partial charge is 0.304 e. The van der Waals surface area contributed by atoms with E-state index in [1.807, 2.05) is 13.8 Å². The van der Waals surface area contributed by atoms with Crippen LogP contribution in [0, 0.1) is 0 Å². The van der Waals surface area contributed by atoms with Gasteiger partial charge in [-0.25, -0.2) is 0 Å². The van der Waals surface area contributed by atoms with Crippen molar-refractivity contribution in [3.8, 4) is 0 Å². The van der Waals surface area contributed by atoms with Crippen LogP contribution in [0.4, 0.5) is 5.69 Å².